The molecule has 0 spiro atoms. The topological polar surface area (TPSA) is 33.4 Å². The number of rotatable bonds is 9. The fourth-order valence-corrected chi connectivity index (χ4v) is 2.82. The summed E-state index contributed by atoms with van der Waals surface area (Å²) in [5, 5.41) is 11.9. The molecular weight excluding hydrogens is 284 g/mol. The van der Waals surface area contributed by atoms with E-state index in [1.807, 2.05) is 18.2 Å². The van der Waals surface area contributed by atoms with Crippen molar-refractivity contribution in [1.82, 2.24) is 0 Å². The van der Waals surface area contributed by atoms with Crippen LogP contribution < -0.4 is 0 Å². The monoisotopic (exact) mass is 308 g/mol. The van der Waals surface area contributed by atoms with E-state index in [1.165, 1.54) is 38.5 Å². The first-order chi connectivity index (χ1) is 10.2. The van der Waals surface area contributed by atoms with Gasteiger partial charge in [0.05, 0.1) is 0 Å². The predicted octanol–water partition coefficient (Wildman–Crippen LogP) is 6.26. The standard InChI is InChI=1S/C18H25ClO2/c1-2-3-4-5-6-7-8-9-16(20)18-13-14-12-15(19)10-11-17(14)21-18/h10-13,16,20H,2-9H2,1H3. The summed E-state index contributed by atoms with van der Waals surface area (Å²) in [6.45, 7) is 2.23. The number of fused-ring (bicyclic) bond motifs is 1. The van der Waals surface area contributed by atoms with Gasteiger partial charge in [-0.3, -0.25) is 0 Å². The Hall–Kier alpha value is -0.990. The fraction of sp³-hybridized carbons (Fsp3) is 0.556. The van der Waals surface area contributed by atoms with Crippen molar-refractivity contribution >= 4 is 22.6 Å². The van der Waals surface area contributed by atoms with Gasteiger partial charge in [-0.15, -0.1) is 0 Å². The van der Waals surface area contributed by atoms with Crippen LogP contribution in [0.2, 0.25) is 5.02 Å². The first-order valence-electron chi connectivity index (χ1n) is 8.07. The van der Waals surface area contributed by atoms with Gasteiger partial charge in [0.15, 0.2) is 0 Å². The Balaban J connectivity index is 1.75. The van der Waals surface area contributed by atoms with Gasteiger partial charge in [0.25, 0.3) is 0 Å². The van der Waals surface area contributed by atoms with Gasteiger partial charge in [0.2, 0.25) is 0 Å². The van der Waals surface area contributed by atoms with Crippen LogP contribution in [0.3, 0.4) is 0 Å². The van der Waals surface area contributed by atoms with Crippen molar-refractivity contribution in [2.45, 2.75) is 64.4 Å². The molecule has 116 valence electrons. The molecule has 3 heteroatoms. The average Bonchev–Trinajstić information content (AvgIpc) is 2.89. The van der Waals surface area contributed by atoms with Crippen molar-refractivity contribution in [2.24, 2.45) is 0 Å². The van der Waals surface area contributed by atoms with Crippen LogP contribution in [0.1, 0.15) is 70.2 Å². The highest BCUT2D eigenvalue weighted by Crippen LogP contribution is 2.28. The molecule has 1 unspecified atom stereocenters. The molecule has 1 atom stereocenters. The maximum atomic E-state index is 10.2. The molecule has 0 aliphatic heterocycles. The highest BCUT2D eigenvalue weighted by molar-refractivity contribution is 6.31. The predicted molar refractivity (Wildman–Crippen MR) is 88.8 cm³/mol. The van der Waals surface area contributed by atoms with Gasteiger partial charge in [0.1, 0.15) is 17.4 Å². The number of furan rings is 1. The zero-order valence-corrected chi connectivity index (χ0v) is 13.5. The van der Waals surface area contributed by atoms with Gasteiger partial charge >= 0.3 is 0 Å². The van der Waals surface area contributed by atoms with Crippen molar-refractivity contribution in [3.05, 3.63) is 35.0 Å². The van der Waals surface area contributed by atoms with E-state index in [0.717, 1.165) is 23.8 Å². The van der Waals surface area contributed by atoms with Crippen molar-refractivity contribution in [1.29, 1.82) is 0 Å². The number of halogens is 1. The summed E-state index contributed by atoms with van der Waals surface area (Å²) in [7, 11) is 0. The molecule has 0 fully saturated rings. The summed E-state index contributed by atoms with van der Waals surface area (Å²) >= 11 is 5.96. The lowest BCUT2D eigenvalue weighted by Crippen LogP contribution is -1.95. The van der Waals surface area contributed by atoms with E-state index >= 15 is 0 Å². The molecule has 21 heavy (non-hydrogen) atoms. The van der Waals surface area contributed by atoms with Gasteiger partial charge in [-0.05, 0) is 30.7 Å². The molecular formula is C18H25ClO2. The first kappa shape index (κ1) is 16.4. The van der Waals surface area contributed by atoms with Crippen LogP contribution in [0.15, 0.2) is 28.7 Å². The van der Waals surface area contributed by atoms with Crippen molar-refractivity contribution in [3.8, 4) is 0 Å². The second-order valence-electron chi connectivity index (χ2n) is 5.76. The maximum Gasteiger partial charge on any atom is 0.134 e. The van der Waals surface area contributed by atoms with E-state index in [0.29, 0.717) is 10.8 Å². The Labute approximate surface area is 132 Å². The van der Waals surface area contributed by atoms with Crippen molar-refractivity contribution < 1.29 is 9.52 Å². The van der Waals surface area contributed by atoms with Gasteiger partial charge in [-0.1, -0.05) is 63.5 Å². The molecule has 2 aromatic rings. The van der Waals surface area contributed by atoms with Gasteiger partial charge in [0, 0.05) is 10.4 Å². The molecule has 0 bridgehead atoms. The van der Waals surface area contributed by atoms with Crippen LogP contribution in [0.5, 0.6) is 0 Å². The molecule has 2 rings (SSSR count). The molecule has 0 aliphatic carbocycles. The number of benzene rings is 1. The second kappa shape index (κ2) is 8.45. The Morgan fingerprint density at radius 1 is 1.05 bits per heavy atom. The van der Waals surface area contributed by atoms with Gasteiger partial charge < -0.3 is 9.52 Å². The Kier molecular flexibility index (Phi) is 6.59. The van der Waals surface area contributed by atoms with Gasteiger partial charge in [-0.2, -0.15) is 0 Å². The Morgan fingerprint density at radius 2 is 1.76 bits per heavy atom. The largest absolute Gasteiger partial charge is 0.458 e. The number of aliphatic hydroxyl groups excluding tert-OH is 1. The normalized spacial score (nSPS) is 12.9. The van der Waals surface area contributed by atoms with E-state index in [1.54, 1.807) is 6.07 Å². The summed E-state index contributed by atoms with van der Waals surface area (Å²) in [6.07, 6.45) is 9.03. The van der Waals surface area contributed by atoms with Crippen molar-refractivity contribution in [3.63, 3.8) is 0 Å². The van der Waals surface area contributed by atoms with Crippen LogP contribution in [0.25, 0.3) is 11.0 Å². The van der Waals surface area contributed by atoms with Crippen LogP contribution in [-0.2, 0) is 0 Å². The number of unbranched alkanes of at least 4 members (excludes halogenated alkanes) is 6. The number of hydrogen-bond acceptors (Lipinski definition) is 2. The third-order valence-electron chi connectivity index (χ3n) is 3.91. The van der Waals surface area contributed by atoms with Crippen LogP contribution in [0, 0.1) is 0 Å². The minimum Gasteiger partial charge on any atom is -0.458 e. The van der Waals surface area contributed by atoms with E-state index in [2.05, 4.69) is 6.92 Å². The molecule has 0 aliphatic rings. The maximum absolute atomic E-state index is 10.2. The van der Waals surface area contributed by atoms with E-state index in [9.17, 15) is 5.11 Å². The molecule has 1 aromatic carbocycles. The lowest BCUT2D eigenvalue weighted by atomic mass is 10.1. The molecule has 0 saturated heterocycles. The van der Waals surface area contributed by atoms with Crippen LogP contribution in [-0.4, -0.2) is 5.11 Å². The minimum absolute atomic E-state index is 0.508. The minimum atomic E-state index is -0.508. The van der Waals surface area contributed by atoms with E-state index in [-0.39, 0.29) is 0 Å². The Morgan fingerprint density at radius 3 is 2.52 bits per heavy atom. The van der Waals surface area contributed by atoms with E-state index in [4.69, 9.17) is 16.0 Å². The molecule has 0 saturated carbocycles. The molecule has 1 aromatic heterocycles. The summed E-state index contributed by atoms with van der Waals surface area (Å²) in [4.78, 5) is 0. The first-order valence-corrected chi connectivity index (χ1v) is 8.45. The highest BCUT2D eigenvalue weighted by atomic mass is 35.5. The molecule has 0 radical (unpaired) electrons. The average molecular weight is 309 g/mol. The number of aliphatic hydroxyl groups is 1. The lowest BCUT2D eigenvalue weighted by Gasteiger charge is -2.07. The summed E-state index contributed by atoms with van der Waals surface area (Å²) < 4.78 is 5.69. The van der Waals surface area contributed by atoms with Crippen LogP contribution >= 0.6 is 11.6 Å². The zero-order chi connectivity index (χ0) is 15.1. The highest BCUT2D eigenvalue weighted by Gasteiger charge is 2.13. The summed E-state index contributed by atoms with van der Waals surface area (Å²) in [6, 6.07) is 7.42. The van der Waals surface area contributed by atoms with Crippen LogP contribution in [0.4, 0.5) is 0 Å². The Bertz CT molecular complexity index is 547. The molecule has 1 N–H and O–H groups in total. The SMILES string of the molecule is CCCCCCCCCC(O)c1cc2cc(Cl)ccc2o1. The molecule has 1 heterocycles. The van der Waals surface area contributed by atoms with E-state index < -0.39 is 6.10 Å². The molecule has 0 amide bonds. The second-order valence-corrected chi connectivity index (χ2v) is 6.19. The summed E-state index contributed by atoms with van der Waals surface area (Å²) in [5.74, 6) is 0.651. The van der Waals surface area contributed by atoms with Gasteiger partial charge in [-0.25, -0.2) is 0 Å². The van der Waals surface area contributed by atoms with Crippen molar-refractivity contribution in [2.75, 3.05) is 0 Å². The molecule has 2 nitrogen and oxygen atoms in total. The quantitative estimate of drug-likeness (QED) is 0.554. The number of hydrogen-bond donors (Lipinski definition) is 1. The summed E-state index contributed by atoms with van der Waals surface area (Å²) in [5.41, 5.74) is 0.785. The third-order valence-corrected chi connectivity index (χ3v) is 4.14. The zero-order valence-electron chi connectivity index (χ0n) is 12.8. The third kappa shape index (κ3) is 5.05. The smallest absolute Gasteiger partial charge is 0.134 e. The lowest BCUT2D eigenvalue weighted by molar-refractivity contribution is 0.139. The fourth-order valence-electron chi connectivity index (χ4n) is 2.64.